The predicted molar refractivity (Wildman–Crippen MR) is 176 cm³/mol. The van der Waals surface area contributed by atoms with Crippen molar-refractivity contribution >= 4 is 11.9 Å². The van der Waals surface area contributed by atoms with Gasteiger partial charge in [0.25, 0.3) is 5.95 Å². The number of anilines is 1. The first-order chi connectivity index (χ1) is 21.7. The number of hydrogen-bond acceptors (Lipinski definition) is 8. The summed E-state index contributed by atoms with van der Waals surface area (Å²) in [7, 11) is 0. The molecule has 2 bridgehead atoms. The molecule has 2 aliphatic heterocycles. The lowest BCUT2D eigenvalue weighted by atomic mass is 9.34. The monoisotopic (exact) mass is 638 g/mol. The molecule has 256 valence electrons. The second-order valence-corrected chi connectivity index (χ2v) is 17.6. The van der Waals surface area contributed by atoms with Gasteiger partial charge in [0, 0.05) is 16.9 Å². The number of nitrogens with zero attached hydrogens (tertiary/aromatic N) is 4. The number of ether oxygens (including phenoxy) is 2. The fraction of sp³-hybridized carbons (Fsp3) is 0.889. The van der Waals surface area contributed by atoms with E-state index in [1.165, 1.54) is 12.0 Å². The molecule has 0 radical (unpaired) electrons. The summed E-state index contributed by atoms with van der Waals surface area (Å²) in [6, 6.07) is 0.242. The fourth-order valence-corrected chi connectivity index (χ4v) is 12.6. The standard InChI is InChI=1S/C36H58N6O4/c1-21(2)22(3)32(4)14-15-34(6)24-10-11-27-33(5)19-45-20-36(27,25(24)12-13-35(34,7)28(32)30(43)44)17-26(42-40-31(37)39-41-42)29(33)46-18-23-9-8-16-38-23/h12,21-24,26-29,38H,8-11,13-20H2,1-7H3,(H2,37,40)(H,43,44)/t22-,23?,24+,26-,27+,28-,29+,32-,33+,34-,35+,36?/m1/s1. The van der Waals surface area contributed by atoms with Crippen molar-refractivity contribution in [2.24, 2.45) is 56.7 Å². The van der Waals surface area contributed by atoms with Crippen LogP contribution in [0, 0.1) is 56.7 Å². The number of nitrogens with two attached hydrogens (primary N) is 1. The van der Waals surface area contributed by atoms with Gasteiger partial charge in [0.2, 0.25) is 0 Å². The Balaban J connectivity index is 1.30. The largest absolute Gasteiger partial charge is 0.481 e. The van der Waals surface area contributed by atoms with Crippen molar-refractivity contribution in [3.8, 4) is 0 Å². The Kier molecular flexibility index (Phi) is 7.77. The van der Waals surface area contributed by atoms with Crippen molar-refractivity contribution in [1.29, 1.82) is 0 Å². The van der Waals surface area contributed by atoms with E-state index in [0.29, 0.717) is 49.5 Å². The number of allylic oxidation sites excluding steroid dienone is 1. The van der Waals surface area contributed by atoms with E-state index in [1.54, 1.807) is 4.80 Å². The fourth-order valence-electron chi connectivity index (χ4n) is 12.6. The smallest absolute Gasteiger partial charge is 0.307 e. The number of aliphatic carboxylic acids is 1. The molecule has 4 N–H and O–H groups in total. The lowest BCUT2D eigenvalue weighted by Crippen LogP contribution is -2.69. The van der Waals surface area contributed by atoms with Gasteiger partial charge >= 0.3 is 5.97 Å². The van der Waals surface area contributed by atoms with Crippen LogP contribution in [-0.4, -0.2) is 69.8 Å². The summed E-state index contributed by atoms with van der Waals surface area (Å²) in [5.74, 6) is 0.617. The molecule has 3 saturated carbocycles. The highest BCUT2D eigenvalue weighted by molar-refractivity contribution is 5.73. The quantitative estimate of drug-likeness (QED) is 0.330. The maximum Gasteiger partial charge on any atom is 0.307 e. The molecule has 6 aliphatic rings. The number of nitrogen functional groups attached to an aromatic ring is 1. The molecule has 10 heteroatoms. The van der Waals surface area contributed by atoms with E-state index in [9.17, 15) is 9.90 Å². The average Bonchev–Trinajstić information content (AvgIpc) is 3.68. The summed E-state index contributed by atoms with van der Waals surface area (Å²) in [5, 5.41) is 27.7. The zero-order valence-corrected chi connectivity index (χ0v) is 29.2. The van der Waals surface area contributed by atoms with Gasteiger partial charge < -0.3 is 25.6 Å². The number of tetrazole rings is 1. The van der Waals surface area contributed by atoms with Gasteiger partial charge in [-0.3, -0.25) is 4.79 Å². The minimum Gasteiger partial charge on any atom is -0.481 e. The molecule has 1 aromatic rings. The van der Waals surface area contributed by atoms with E-state index in [4.69, 9.17) is 15.2 Å². The molecule has 2 saturated heterocycles. The first-order valence-corrected chi connectivity index (χ1v) is 18.1. The molecule has 0 aromatic carbocycles. The minimum atomic E-state index is -0.620. The molecular weight excluding hydrogens is 580 g/mol. The normalized spacial score (nSPS) is 47.4. The van der Waals surface area contributed by atoms with Crippen LogP contribution in [0.15, 0.2) is 11.6 Å². The van der Waals surface area contributed by atoms with Crippen molar-refractivity contribution < 1.29 is 19.4 Å². The molecule has 3 heterocycles. The molecule has 0 amide bonds. The van der Waals surface area contributed by atoms with Crippen LogP contribution >= 0.6 is 0 Å². The van der Waals surface area contributed by atoms with Gasteiger partial charge in [0.05, 0.1) is 31.8 Å². The summed E-state index contributed by atoms with van der Waals surface area (Å²) in [6.45, 7) is 19.2. The Morgan fingerprint density at radius 2 is 1.93 bits per heavy atom. The Hall–Kier alpha value is -2.04. The van der Waals surface area contributed by atoms with Crippen molar-refractivity contribution in [1.82, 2.24) is 25.5 Å². The summed E-state index contributed by atoms with van der Waals surface area (Å²) < 4.78 is 13.6. The molecular formula is C36H58N6O4. The highest BCUT2D eigenvalue weighted by atomic mass is 16.5. The van der Waals surface area contributed by atoms with Crippen LogP contribution in [0.25, 0.3) is 0 Å². The molecule has 4 aliphatic carbocycles. The van der Waals surface area contributed by atoms with Crippen LogP contribution in [0.4, 0.5) is 5.95 Å². The van der Waals surface area contributed by atoms with E-state index >= 15 is 0 Å². The molecule has 7 rings (SSSR count). The van der Waals surface area contributed by atoms with E-state index in [2.05, 4.69) is 75.3 Å². The molecule has 10 nitrogen and oxygen atoms in total. The first-order valence-electron chi connectivity index (χ1n) is 18.1. The summed E-state index contributed by atoms with van der Waals surface area (Å²) in [6.07, 6.45) is 10.4. The minimum absolute atomic E-state index is 0.120. The molecule has 12 atom stereocenters. The maximum absolute atomic E-state index is 13.4. The van der Waals surface area contributed by atoms with Gasteiger partial charge in [-0.15, -0.1) is 5.10 Å². The van der Waals surface area contributed by atoms with Crippen LogP contribution in [0.1, 0.15) is 106 Å². The van der Waals surface area contributed by atoms with Gasteiger partial charge in [-0.05, 0) is 103 Å². The lowest BCUT2D eigenvalue weighted by Gasteiger charge is -2.71. The Labute approximate surface area is 275 Å². The summed E-state index contributed by atoms with van der Waals surface area (Å²) in [4.78, 5) is 15.1. The van der Waals surface area contributed by atoms with Gasteiger partial charge in [-0.25, -0.2) is 0 Å². The number of hydrogen-bond donors (Lipinski definition) is 3. The van der Waals surface area contributed by atoms with Crippen LogP contribution < -0.4 is 11.1 Å². The third kappa shape index (κ3) is 4.37. The molecule has 5 fully saturated rings. The van der Waals surface area contributed by atoms with Gasteiger partial charge in [0.1, 0.15) is 6.04 Å². The molecule has 2 unspecified atom stereocenters. The van der Waals surface area contributed by atoms with Crippen molar-refractivity contribution in [3.63, 3.8) is 0 Å². The van der Waals surface area contributed by atoms with Crippen LogP contribution in [0.5, 0.6) is 0 Å². The topological polar surface area (TPSA) is 137 Å². The number of aromatic nitrogens is 4. The van der Waals surface area contributed by atoms with Crippen molar-refractivity contribution in [2.75, 3.05) is 32.1 Å². The second kappa shape index (κ2) is 11.0. The molecule has 46 heavy (non-hydrogen) atoms. The summed E-state index contributed by atoms with van der Waals surface area (Å²) >= 11 is 0. The number of fused-ring (bicyclic) bond motifs is 3. The third-order valence-electron chi connectivity index (χ3n) is 15.5. The third-order valence-corrected chi connectivity index (χ3v) is 15.5. The van der Waals surface area contributed by atoms with E-state index in [-0.39, 0.29) is 45.2 Å². The highest BCUT2D eigenvalue weighted by Crippen LogP contribution is 2.75. The first kappa shape index (κ1) is 32.5. The Bertz CT molecular complexity index is 1380. The Morgan fingerprint density at radius 1 is 1.15 bits per heavy atom. The molecule has 0 spiro atoms. The SMILES string of the molecule is CC(C)[C@@H](C)[C@@]1(C)CC[C@]2(C)[C@H]3CC[C@@H]4C5(COC[C@]4(C)[C@@H](OCC4CCCN4)[C@H](n4nnc(N)n4)C5)C3=CC[C@@]2(C)[C@@H]1C(=O)O. The van der Waals surface area contributed by atoms with Gasteiger partial charge in [-0.2, -0.15) is 4.80 Å². The van der Waals surface area contributed by atoms with Gasteiger partial charge in [0.15, 0.2) is 0 Å². The summed E-state index contributed by atoms with van der Waals surface area (Å²) in [5.41, 5.74) is 6.40. The predicted octanol–water partition coefficient (Wildman–Crippen LogP) is 5.52. The number of carbonyl (C=O) groups is 1. The number of rotatable bonds is 7. The second-order valence-electron chi connectivity index (χ2n) is 17.6. The number of carboxylic acid groups (broad SMARTS) is 1. The Morgan fingerprint density at radius 3 is 2.59 bits per heavy atom. The highest BCUT2D eigenvalue weighted by Gasteiger charge is 2.72. The zero-order chi connectivity index (χ0) is 32.9. The van der Waals surface area contributed by atoms with E-state index in [1.807, 2.05) is 0 Å². The number of nitrogens with one attached hydrogen (secondary N) is 1. The van der Waals surface area contributed by atoms with Crippen molar-refractivity contribution in [2.45, 2.75) is 118 Å². The average molecular weight is 639 g/mol. The van der Waals surface area contributed by atoms with Crippen LogP contribution in [-0.2, 0) is 14.3 Å². The lowest BCUT2D eigenvalue weighted by molar-refractivity contribution is -0.252. The number of carboxylic acids is 1. The van der Waals surface area contributed by atoms with E-state index in [0.717, 1.165) is 51.5 Å². The maximum atomic E-state index is 13.4. The van der Waals surface area contributed by atoms with Crippen LogP contribution in [0.2, 0.25) is 0 Å². The zero-order valence-electron chi connectivity index (χ0n) is 29.2. The van der Waals surface area contributed by atoms with Crippen molar-refractivity contribution in [3.05, 3.63) is 11.6 Å². The van der Waals surface area contributed by atoms with Gasteiger partial charge in [-0.1, -0.05) is 65.2 Å². The van der Waals surface area contributed by atoms with Crippen LogP contribution in [0.3, 0.4) is 0 Å². The molecule has 1 aromatic heterocycles. The van der Waals surface area contributed by atoms with E-state index < -0.39 is 11.9 Å².